The summed E-state index contributed by atoms with van der Waals surface area (Å²) < 4.78 is 7.25. The lowest BCUT2D eigenvalue weighted by Crippen LogP contribution is -2.35. The van der Waals surface area contributed by atoms with E-state index in [-0.39, 0.29) is 11.2 Å². The molecule has 1 saturated carbocycles. The Hall–Kier alpha value is -1.93. The van der Waals surface area contributed by atoms with E-state index < -0.39 is 0 Å². The Bertz CT molecular complexity index is 746. The Morgan fingerprint density at radius 2 is 2.04 bits per heavy atom. The lowest BCUT2D eigenvalue weighted by Gasteiger charge is -2.22. The van der Waals surface area contributed by atoms with Gasteiger partial charge in [0.15, 0.2) is 11.0 Å². The Kier molecular flexibility index (Phi) is 7.85. The van der Waals surface area contributed by atoms with Crippen LogP contribution < -0.4 is 5.32 Å². The molecule has 1 fully saturated rings. The highest BCUT2D eigenvalue weighted by Gasteiger charge is 2.22. The van der Waals surface area contributed by atoms with Crippen LogP contribution in [-0.2, 0) is 16.1 Å². The van der Waals surface area contributed by atoms with Gasteiger partial charge in [-0.25, -0.2) is 0 Å². The highest BCUT2D eigenvalue weighted by molar-refractivity contribution is 8.00. The van der Waals surface area contributed by atoms with E-state index in [9.17, 15) is 4.79 Å². The first-order chi connectivity index (χ1) is 13.7. The van der Waals surface area contributed by atoms with Gasteiger partial charge in [0.1, 0.15) is 0 Å². The van der Waals surface area contributed by atoms with Crippen LogP contribution in [0.15, 0.2) is 29.7 Å². The first-order valence-corrected chi connectivity index (χ1v) is 10.8. The summed E-state index contributed by atoms with van der Waals surface area (Å²) in [5.74, 6) is 1.44. The van der Waals surface area contributed by atoms with E-state index in [0.717, 1.165) is 23.1 Å². The first kappa shape index (κ1) is 20.8. The fourth-order valence-corrected chi connectivity index (χ4v) is 4.37. The molecule has 0 bridgehead atoms. The number of nitrogens with zero attached hydrogens (tertiary/aromatic N) is 4. The molecular formula is C20H29N5O2S. The van der Waals surface area contributed by atoms with Gasteiger partial charge in [-0.1, -0.05) is 31.0 Å². The number of amides is 1. The molecule has 0 saturated heterocycles. The molecule has 0 spiro atoms. The van der Waals surface area contributed by atoms with Crippen LogP contribution in [0.4, 0.5) is 0 Å². The predicted octanol–water partition coefficient (Wildman–Crippen LogP) is 3.16. The molecule has 28 heavy (non-hydrogen) atoms. The van der Waals surface area contributed by atoms with Gasteiger partial charge in [-0.3, -0.25) is 14.3 Å². The zero-order chi connectivity index (χ0) is 19.8. The minimum absolute atomic E-state index is 0.0577. The van der Waals surface area contributed by atoms with Gasteiger partial charge in [-0.2, -0.15) is 0 Å². The monoisotopic (exact) mass is 403 g/mol. The second-order valence-corrected chi connectivity index (χ2v) is 8.50. The fourth-order valence-electron chi connectivity index (χ4n) is 3.47. The second kappa shape index (κ2) is 10.6. The van der Waals surface area contributed by atoms with Gasteiger partial charge < -0.3 is 10.1 Å². The van der Waals surface area contributed by atoms with Crippen LogP contribution >= 0.6 is 11.8 Å². The molecule has 2 heterocycles. The molecule has 152 valence electrons. The average molecular weight is 404 g/mol. The highest BCUT2D eigenvalue weighted by Crippen LogP contribution is 2.27. The van der Waals surface area contributed by atoms with E-state index in [4.69, 9.17) is 4.74 Å². The normalized spacial score (nSPS) is 16.1. The van der Waals surface area contributed by atoms with Gasteiger partial charge in [-0.05, 0) is 37.8 Å². The van der Waals surface area contributed by atoms with Crippen molar-refractivity contribution in [1.29, 1.82) is 0 Å². The number of carbonyl (C=O) groups excluding carboxylic acids is 1. The maximum Gasteiger partial charge on any atom is 0.233 e. The zero-order valence-corrected chi connectivity index (χ0v) is 17.5. The molecule has 3 rings (SSSR count). The SMILES string of the molecule is COCCn1c(SC(C)C(=O)NCC2CCCCC2)nnc1-c1ccncc1. The minimum Gasteiger partial charge on any atom is -0.383 e. The van der Waals surface area contributed by atoms with Crippen molar-refractivity contribution >= 4 is 17.7 Å². The number of ether oxygens (including phenoxy) is 1. The van der Waals surface area contributed by atoms with Crippen LogP contribution in [0.2, 0.25) is 0 Å². The number of pyridine rings is 1. The number of nitrogens with one attached hydrogen (secondary N) is 1. The summed E-state index contributed by atoms with van der Waals surface area (Å²) in [4.78, 5) is 16.6. The predicted molar refractivity (Wildman–Crippen MR) is 110 cm³/mol. The minimum atomic E-state index is -0.237. The van der Waals surface area contributed by atoms with Crippen LogP contribution in [-0.4, -0.2) is 51.2 Å². The fraction of sp³-hybridized carbons (Fsp3) is 0.600. The van der Waals surface area contributed by atoms with E-state index in [0.29, 0.717) is 19.1 Å². The second-order valence-electron chi connectivity index (χ2n) is 7.20. The van der Waals surface area contributed by atoms with E-state index in [1.807, 2.05) is 23.6 Å². The van der Waals surface area contributed by atoms with Crippen LogP contribution in [0.3, 0.4) is 0 Å². The summed E-state index contributed by atoms with van der Waals surface area (Å²) in [5, 5.41) is 12.3. The third-order valence-electron chi connectivity index (χ3n) is 5.12. The number of rotatable bonds is 9. The van der Waals surface area contributed by atoms with Gasteiger partial charge in [0.05, 0.1) is 18.4 Å². The summed E-state index contributed by atoms with van der Waals surface area (Å²) in [6.45, 7) is 3.87. The largest absolute Gasteiger partial charge is 0.383 e. The van der Waals surface area contributed by atoms with Crippen LogP contribution in [0.5, 0.6) is 0 Å². The van der Waals surface area contributed by atoms with Crippen molar-refractivity contribution in [2.24, 2.45) is 5.92 Å². The molecule has 7 nitrogen and oxygen atoms in total. The third-order valence-corrected chi connectivity index (χ3v) is 6.20. The zero-order valence-electron chi connectivity index (χ0n) is 16.6. The summed E-state index contributed by atoms with van der Waals surface area (Å²) in [5.41, 5.74) is 0.944. The molecule has 1 atom stereocenters. The molecule has 1 aliphatic rings. The van der Waals surface area contributed by atoms with Crippen LogP contribution in [0, 0.1) is 5.92 Å². The van der Waals surface area contributed by atoms with E-state index in [2.05, 4.69) is 20.5 Å². The summed E-state index contributed by atoms with van der Waals surface area (Å²) >= 11 is 1.44. The van der Waals surface area contributed by atoms with Crippen molar-refractivity contribution in [3.05, 3.63) is 24.5 Å². The standard InChI is InChI=1S/C20H29N5O2S/c1-15(19(26)22-14-16-6-4-3-5-7-16)28-20-24-23-18(25(20)12-13-27-2)17-8-10-21-11-9-17/h8-11,15-16H,3-7,12-14H2,1-2H3,(H,22,26). The lowest BCUT2D eigenvalue weighted by atomic mass is 9.89. The van der Waals surface area contributed by atoms with Gasteiger partial charge in [-0.15, -0.1) is 10.2 Å². The Morgan fingerprint density at radius 1 is 1.29 bits per heavy atom. The maximum atomic E-state index is 12.6. The number of aromatic nitrogens is 4. The van der Waals surface area contributed by atoms with Gasteiger partial charge in [0.25, 0.3) is 0 Å². The van der Waals surface area contributed by atoms with Crippen molar-refractivity contribution in [3.63, 3.8) is 0 Å². The molecule has 0 aromatic carbocycles. The molecule has 1 aliphatic carbocycles. The van der Waals surface area contributed by atoms with E-state index in [1.54, 1.807) is 19.5 Å². The third kappa shape index (κ3) is 5.54. The van der Waals surface area contributed by atoms with Gasteiger partial charge >= 0.3 is 0 Å². The molecule has 1 amide bonds. The number of hydrogen-bond donors (Lipinski definition) is 1. The quantitative estimate of drug-likeness (QED) is 0.648. The number of thioether (sulfide) groups is 1. The lowest BCUT2D eigenvalue weighted by molar-refractivity contribution is -0.120. The molecule has 1 N–H and O–H groups in total. The Morgan fingerprint density at radius 3 is 2.75 bits per heavy atom. The Labute approximate surface area is 170 Å². The molecule has 0 aliphatic heterocycles. The summed E-state index contributed by atoms with van der Waals surface area (Å²) in [7, 11) is 1.67. The van der Waals surface area contributed by atoms with Crippen LogP contribution in [0.25, 0.3) is 11.4 Å². The number of carbonyl (C=O) groups is 1. The summed E-state index contributed by atoms with van der Waals surface area (Å²) in [6, 6.07) is 3.81. The van der Waals surface area contributed by atoms with E-state index in [1.165, 1.54) is 43.9 Å². The van der Waals surface area contributed by atoms with Crippen molar-refractivity contribution in [2.45, 2.75) is 56.0 Å². The maximum absolute atomic E-state index is 12.6. The van der Waals surface area contributed by atoms with Crippen molar-refractivity contribution in [3.8, 4) is 11.4 Å². The van der Waals surface area contributed by atoms with Crippen LogP contribution in [0.1, 0.15) is 39.0 Å². The molecular weight excluding hydrogens is 374 g/mol. The van der Waals surface area contributed by atoms with Gasteiger partial charge in [0.2, 0.25) is 5.91 Å². The van der Waals surface area contributed by atoms with Crippen molar-refractivity contribution in [2.75, 3.05) is 20.3 Å². The smallest absolute Gasteiger partial charge is 0.233 e. The molecule has 1 unspecified atom stereocenters. The molecule has 2 aromatic heterocycles. The average Bonchev–Trinajstić information content (AvgIpc) is 3.14. The number of hydrogen-bond acceptors (Lipinski definition) is 6. The van der Waals surface area contributed by atoms with E-state index >= 15 is 0 Å². The van der Waals surface area contributed by atoms with Crippen molar-refractivity contribution < 1.29 is 9.53 Å². The first-order valence-electron chi connectivity index (χ1n) is 9.96. The topological polar surface area (TPSA) is 81.9 Å². The van der Waals surface area contributed by atoms with Crippen molar-refractivity contribution in [1.82, 2.24) is 25.1 Å². The van der Waals surface area contributed by atoms with Gasteiger partial charge in [0, 0.05) is 31.6 Å². The number of methoxy groups -OCH3 is 1. The molecule has 8 heteroatoms. The molecule has 2 aromatic rings. The Balaban J connectivity index is 1.64. The highest BCUT2D eigenvalue weighted by atomic mass is 32.2. The molecule has 0 radical (unpaired) electrons. The summed E-state index contributed by atoms with van der Waals surface area (Å²) in [6.07, 6.45) is 9.81.